The van der Waals surface area contributed by atoms with Gasteiger partial charge in [0, 0.05) is 0 Å². The van der Waals surface area contributed by atoms with Crippen LogP contribution in [0.2, 0.25) is 0 Å². The summed E-state index contributed by atoms with van der Waals surface area (Å²) in [6.45, 7) is 0. The summed E-state index contributed by atoms with van der Waals surface area (Å²) in [6.07, 6.45) is -0.541. The Balaban J connectivity index is 2.86. The van der Waals surface area contributed by atoms with Crippen LogP contribution in [0.3, 0.4) is 0 Å². The molecule has 1 aromatic carbocycles. The van der Waals surface area contributed by atoms with Crippen molar-refractivity contribution in [2.24, 2.45) is 5.16 Å². The minimum absolute atomic E-state index is 0.000565. The SMILES string of the molecule is O=C(NO)/C(CC(=O)c1ccccc1O)=N\O. The number of nitrogens with one attached hydrogen (secondary N) is 1. The Morgan fingerprint density at radius 2 is 1.94 bits per heavy atom. The molecule has 1 rings (SSSR count). The largest absolute Gasteiger partial charge is 0.507 e. The highest BCUT2D eigenvalue weighted by Crippen LogP contribution is 2.17. The van der Waals surface area contributed by atoms with E-state index in [0.717, 1.165) is 0 Å². The monoisotopic (exact) mass is 238 g/mol. The van der Waals surface area contributed by atoms with Gasteiger partial charge >= 0.3 is 0 Å². The number of phenolic OH excluding ortho intramolecular Hbond substituents is 1. The average Bonchev–Trinajstić information content (AvgIpc) is 2.35. The molecule has 0 heterocycles. The minimum Gasteiger partial charge on any atom is -0.507 e. The van der Waals surface area contributed by atoms with Crippen molar-refractivity contribution >= 4 is 17.4 Å². The molecule has 0 spiro atoms. The number of hydroxylamine groups is 1. The molecule has 0 saturated heterocycles. The summed E-state index contributed by atoms with van der Waals surface area (Å²) in [4.78, 5) is 22.6. The molecule has 0 radical (unpaired) electrons. The number of carbonyl (C=O) groups is 2. The molecule has 7 heteroatoms. The molecule has 1 amide bonds. The number of oxime groups is 1. The van der Waals surface area contributed by atoms with Gasteiger partial charge in [0.2, 0.25) is 0 Å². The first-order chi connectivity index (χ1) is 8.10. The lowest BCUT2D eigenvalue weighted by Crippen LogP contribution is -2.29. The molecule has 0 aromatic heterocycles. The van der Waals surface area contributed by atoms with E-state index >= 15 is 0 Å². The van der Waals surface area contributed by atoms with Gasteiger partial charge in [-0.25, -0.2) is 5.48 Å². The second-order valence-corrected chi connectivity index (χ2v) is 3.10. The van der Waals surface area contributed by atoms with Gasteiger partial charge in [-0.3, -0.25) is 14.8 Å². The van der Waals surface area contributed by atoms with Crippen LogP contribution >= 0.6 is 0 Å². The number of amides is 1. The van der Waals surface area contributed by atoms with E-state index in [1.165, 1.54) is 29.7 Å². The number of para-hydroxylation sites is 1. The van der Waals surface area contributed by atoms with Crippen LogP contribution in [0.25, 0.3) is 0 Å². The Hall–Kier alpha value is -2.41. The average molecular weight is 238 g/mol. The van der Waals surface area contributed by atoms with Crippen molar-refractivity contribution in [2.75, 3.05) is 0 Å². The maximum atomic E-state index is 11.6. The molecular formula is C10H10N2O5. The van der Waals surface area contributed by atoms with Gasteiger partial charge in [-0.2, -0.15) is 0 Å². The molecule has 0 aliphatic carbocycles. The van der Waals surface area contributed by atoms with Gasteiger partial charge in [0.15, 0.2) is 11.5 Å². The lowest BCUT2D eigenvalue weighted by molar-refractivity contribution is -0.122. The number of hydrogen-bond donors (Lipinski definition) is 4. The number of phenols is 1. The van der Waals surface area contributed by atoms with Crippen LogP contribution in [-0.4, -0.2) is 32.9 Å². The Morgan fingerprint density at radius 3 is 2.47 bits per heavy atom. The van der Waals surface area contributed by atoms with Crippen LogP contribution in [0.4, 0.5) is 0 Å². The molecule has 0 aliphatic rings. The molecule has 0 atom stereocenters. The molecule has 4 N–H and O–H groups in total. The van der Waals surface area contributed by atoms with Gasteiger partial charge < -0.3 is 10.3 Å². The zero-order chi connectivity index (χ0) is 12.8. The fourth-order valence-electron chi connectivity index (χ4n) is 1.18. The van der Waals surface area contributed by atoms with Gasteiger partial charge in [0.25, 0.3) is 5.91 Å². The zero-order valence-electron chi connectivity index (χ0n) is 8.62. The van der Waals surface area contributed by atoms with Crippen molar-refractivity contribution in [3.8, 4) is 5.75 Å². The molecule has 0 saturated carbocycles. The minimum atomic E-state index is -1.09. The topological polar surface area (TPSA) is 119 Å². The van der Waals surface area contributed by atoms with Crippen molar-refractivity contribution in [3.63, 3.8) is 0 Å². The molecular weight excluding hydrogens is 228 g/mol. The number of benzene rings is 1. The van der Waals surface area contributed by atoms with Crippen molar-refractivity contribution in [1.29, 1.82) is 0 Å². The van der Waals surface area contributed by atoms with Gasteiger partial charge in [-0.05, 0) is 12.1 Å². The number of nitrogens with zero attached hydrogens (tertiary/aromatic N) is 1. The maximum absolute atomic E-state index is 11.6. The van der Waals surface area contributed by atoms with E-state index < -0.39 is 23.8 Å². The standard InChI is InChI=1S/C10H10N2O5/c13-8-4-2-1-3-6(8)9(14)5-7(11-16)10(15)12-17/h1-4,13,16-17H,5H2,(H,12,15)/b11-7-. The predicted octanol–water partition coefficient (Wildman–Crippen LogP) is 0.301. The van der Waals surface area contributed by atoms with Crippen molar-refractivity contribution in [2.45, 2.75) is 6.42 Å². The Bertz CT molecular complexity index is 470. The number of aromatic hydroxyl groups is 1. The van der Waals surface area contributed by atoms with Gasteiger partial charge in [-0.1, -0.05) is 17.3 Å². The zero-order valence-corrected chi connectivity index (χ0v) is 8.62. The molecule has 0 unspecified atom stereocenters. The van der Waals surface area contributed by atoms with Crippen LogP contribution in [0.5, 0.6) is 5.75 Å². The van der Waals surface area contributed by atoms with Gasteiger partial charge in [0.1, 0.15) is 5.75 Å². The molecule has 0 fully saturated rings. The Morgan fingerprint density at radius 1 is 1.29 bits per heavy atom. The molecule has 1 aromatic rings. The third-order valence-electron chi connectivity index (χ3n) is 2.02. The van der Waals surface area contributed by atoms with Crippen molar-refractivity contribution in [1.82, 2.24) is 5.48 Å². The van der Waals surface area contributed by atoms with Gasteiger partial charge in [0.05, 0.1) is 12.0 Å². The van der Waals surface area contributed by atoms with Crippen LogP contribution in [0, 0.1) is 0 Å². The van der Waals surface area contributed by atoms with Crippen LogP contribution in [-0.2, 0) is 4.79 Å². The number of carbonyl (C=O) groups excluding carboxylic acids is 2. The summed E-state index contributed by atoms with van der Waals surface area (Å²) < 4.78 is 0. The van der Waals surface area contributed by atoms with E-state index in [2.05, 4.69) is 5.16 Å². The lowest BCUT2D eigenvalue weighted by atomic mass is 10.0. The first kappa shape index (κ1) is 12.7. The van der Waals surface area contributed by atoms with Crippen molar-refractivity contribution < 1.29 is 25.1 Å². The molecule has 7 nitrogen and oxygen atoms in total. The lowest BCUT2D eigenvalue weighted by Gasteiger charge is -2.03. The molecule has 0 aliphatic heterocycles. The van der Waals surface area contributed by atoms with E-state index in [1.54, 1.807) is 0 Å². The Kier molecular flexibility index (Phi) is 4.18. The van der Waals surface area contributed by atoms with Crippen LogP contribution in [0.1, 0.15) is 16.8 Å². The van der Waals surface area contributed by atoms with Crippen LogP contribution in [0.15, 0.2) is 29.4 Å². The summed E-state index contributed by atoms with van der Waals surface area (Å²) in [5.74, 6) is -1.94. The number of hydrogen-bond acceptors (Lipinski definition) is 6. The summed E-state index contributed by atoms with van der Waals surface area (Å²) in [7, 11) is 0. The number of rotatable bonds is 4. The summed E-state index contributed by atoms with van der Waals surface area (Å²) in [6, 6.07) is 5.75. The fraction of sp³-hybridized carbons (Fsp3) is 0.100. The summed E-state index contributed by atoms with van der Waals surface area (Å²) in [5.41, 5.74) is 0.688. The highest BCUT2D eigenvalue weighted by atomic mass is 16.5. The summed E-state index contributed by atoms with van der Waals surface area (Å²) in [5, 5.41) is 28.8. The van der Waals surface area contributed by atoms with E-state index in [4.69, 9.17) is 10.4 Å². The van der Waals surface area contributed by atoms with E-state index in [9.17, 15) is 14.7 Å². The Labute approximate surface area is 96.0 Å². The van der Waals surface area contributed by atoms with E-state index in [1.807, 2.05) is 0 Å². The first-order valence-corrected chi connectivity index (χ1v) is 4.56. The van der Waals surface area contributed by atoms with Gasteiger partial charge in [-0.15, -0.1) is 0 Å². The second kappa shape index (κ2) is 5.61. The number of Topliss-reactive ketones (excluding diaryl/α,β-unsaturated/α-hetero) is 1. The third-order valence-corrected chi connectivity index (χ3v) is 2.02. The highest BCUT2D eigenvalue weighted by Gasteiger charge is 2.19. The van der Waals surface area contributed by atoms with E-state index in [-0.39, 0.29) is 11.3 Å². The van der Waals surface area contributed by atoms with E-state index in [0.29, 0.717) is 0 Å². The fourth-order valence-corrected chi connectivity index (χ4v) is 1.18. The molecule has 17 heavy (non-hydrogen) atoms. The second-order valence-electron chi connectivity index (χ2n) is 3.10. The highest BCUT2D eigenvalue weighted by molar-refractivity contribution is 6.42. The van der Waals surface area contributed by atoms with Crippen molar-refractivity contribution in [3.05, 3.63) is 29.8 Å². The third kappa shape index (κ3) is 3.02. The quantitative estimate of drug-likeness (QED) is 0.198. The van der Waals surface area contributed by atoms with Crippen LogP contribution < -0.4 is 5.48 Å². The summed E-state index contributed by atoms with van der Waals surface area (Å²) >= 11 is 0. The maximum Gasteiger partial charge on any atom is 0.292 e. The smallest absolute Gasteiger partial charge is 0.292 e. The molecule has 0 bridgehead atoms. The molecule has 90 valence electrons. The normalized spacial score (nSPS) is 11.0. The predicted molar refractivity (Wildman–Crippen MR) is 56.2 cm³/mol. The first-order valence-electron chi connectivity index (χ1n) is 4.56. The number of ketones is 1.